The number of aromatic nitrogens is 2. The van der Waals surface area contributed by atoms with Gasteiger partial charge in [0.05, 0.1) is 6.61 Å². The Labute approximate surface area is 104 Å². The summed E-state index contributed by atoms with van der Waals surface area (Å²) in [7, 11) is 0. The van der Waals surface area contributed by atoms with Gasteiger partial charge in [-0.1, -0.05) is 26.7 Å². The smallest absolute Gasteiger partial charge is 0.225 e. The van der Waals surface area contributed by atoms with Crippen molar-refractivity contribution in [1.82, 2.24) is 9.97 Å². The first kappa shape index (κ1) is 13.7. The molecule has 1 heterocycles. The SMILES string of the molecule is CCOc1ccnc(NCCCCC(C)C)n1. The monoisotopic (exact) mass is 237 g/mol. The van der Waals surface area contributed by atoms with Crippen LogP contribution in [0.4, 0.5) is 5.95 Å². The molecule has 0 fully saturated rings. The van der Waals surface area contributed by atoms with E-state index in [2.05, 4.69) is 29.1 Å². The van der Waals surface area contributed by atoms with E-state index >= 15 is 0 Å². The second-order valence-corrected chi connectivity index (χ2v) is 4.47. The minimum absolute atomic E-state index is 0.630. The minimum atomic E-state index is 0.630. The van der Waals surface area contributed by atoms with Crippen molar-refractivity contribution in [2.75, 3.05) is 18.5 Å². The standard InChI is InChI=1S/C13H23N3O/c1-4-17-12-8-10-15-13(16-12)14-9-6-5-7-11(2)3/h8,10-11H,4-7,9H2,1-3H3,(H,14,15,16). The molecule has 0 aromatic carbocycles. The van der Waals surface area contributed by atoms with Crippen LogP contribution in [0.3, 0.4) is 0 Å². The molecule has 0 bridgehead atoms. The van der Waals surface area contributed by atoms with Gasteiger partial charge >= 0.3 is 0 Å². The van der Waals surface area contributed by atoms with Gasteiger partial charge in [0, 0.05) is 18.8 Å². The number of hydrogen-bond donors (Lipinski definition) is 1. The highest BCUT2D eigenvalue weighted by Crippen LogP contribution is 2.09. The molecule has 0 atom stereocenters. The van der Waals surface area contributed by atoms with Crippen LogP contribution in [-0.4, -0.2) is 23.1 Å². The largest absolute Gasteiger partial charge is 0.478 e. The van der Waals surface area contributed by atoms with Crippen LogP contribution in [0.1, 0.15) is 40.0 Å². The van der Waals surface area contributed by atoms with Gasteiger partial charge in [-0.3, -0.25) is 0 Å². The molecule has 1 N–H and O–H groups in total. The predicted molar refractivity (Wildman–Crippen MR) is 70.4 cm³/mol. The van der Waals surface area contributed by atoms with E-state index in [-0.39, 0.29) is 0 Å². The molecule has 4 heteroatoms. The third-order valence-electron chi connectivity index (χ3n) is 2.41. The molecule has 1 aromatic rings. The Bertz CT molecular complexity index is 315. The van der Waals surface area contributed by atoms with Crippen molar-refractivity contribution in [3.8, 4) is 5.88 Å². The highest BCUT2D eigenvalue weighted by Gasteiger charge is 1.99. The molecule has 1 aromatic heterocycles. The summed E-state index contributed by atoms with van der Waals surface area (Å²) in [5.41, 5.74) is 0. The summed E-state index contributed by atoms with van der Waals surface area (Å²) in [6.45, 7) is 8.00. The van der Waals surface area contributed by atoms with Gasteiger partial charge in [0.15, 0.2) is 0 Å². The summed E-state index contributed by atoms with van der Waals surface area (Å²) in [5.74, 6) is 2.07. The van der Waals surface area contributed by atoms with Crippen LogP contribution in [0.2, 0.25) is 0 Å². The lowest BCUT2D eigenvalue weighted by Gasteiger charge is -2.07. The summed E-state index contributed by atoms with van der Waals surface area (Å²) < 4.78 is 5.31. The van der Waals surface area contributed by atoms with Gasteiger partial charge in [0.25, 0.3) is 0 Å². The Hall–Kier alpha value is -1.32. The van der Waals surface area contributed by atoms with Gasteiger partial charge in [-0.05, 0) is 19.3 Å². The van der Waals surface area contributed by atoms with Crippen molar-refractivity contribution in [2.45, 2.75) is 40.0 Å². The maximum absolute atomic E-state index is 5.31. The number of rotatable bonds is 8. The number of unbranched alkanes of at least 4 members (excludes halogenated alkanes) is 1. The molecule has 0 spiro atoms. The fraction of sp³-hybridized carbons (Fsp3) is 0.692. The van der Waals surface area contributed by atoms with Crippen LogP contribution >= 0.6 is 0 Å². The third kappa shape index (κ3) is 6.09. The van der Waals surface area contributed by atoms with Crippen molar-refractivity contribution >= 4 is 5.95 Å². The van der Waals surface area contributed by atoms with Crippen LogP contribution < -0.4 is 10.1 Å². The van der Waals surface area contributed by atoms with Gasteiger partial charge in [0.1, 0.15) is 0 Å². The number of nitrogens with zero attached hydrogens (tertiary/aromatic N) is 2. The van der Waals surface area contributed by atoms with Crippen LogP contribution in [0.15, 0.2) is 12.3 Å². The van der Waals surface area contributed by atoms with Crippen LogP contribution in [0.5, 0.6) is 5.88 Å². The molecule has 4 nitrogen and oxygen atoms in total. The van der Waals surface area contributed by atoms with Crippen molar-refractivity contribution in [3.63, 3.8) is 0 Å². The van der Waals surface area contributed by atoms with Gasteiger partial charge in [-0.25, -0.2) is 4.98 Å². The van der Waals surface area contributed by atoms with Crippen molar-refractivity contribution < 1.29 is 4.74 Å². The maximum atomic E-state index is 5.31. The fourth-order valence-electron chi connectivity index (χ4n) is 1.53. The molecule has 0 aliphatic rings. The molecular formula is C13H23N3O. The summed E-state index contributed by atoms with van der Waals surface area (Å²) >= 11 is 0. The van der Waals surface area contributed by atoms with Crippen LogP contribution in [0, 0.1) is 5.92 Å². The topological polar surface area (TPSA) is 47.0 Å². The zero-order chi connectivity index (χ0) is 12.5. The van der Waals surface area contributed by atoms with Gasteiger partial charge in [0.2, 0.25) is 11.8 Å². The molecule has 96 valence electrons. The molecule has 0 radical (unpaired) electrons. The maximum Gasteiger partial charge on any atom is 0.225 e. The molecule has 0 saturated carbocycles. The van der Waals surface area contributed by atoms with E-state index < -0.39 is 0 Å². The second kappa shape index (κ2) is 7.87. The number of nitrogens with one attached hydrogen (secondary N) is 1. The van der Waals surface area contributed by atoms with E-state index in [9.17, 15) is 0 Å². The van der Waals surface area contributed by atoms with Crippen molar-refractivity contribution in [3.05, 3.63) is 12.3 Å². The molecule has 17 heavy (non-hydrogen) atoms. The minimum Gasteiger partial charge on any atom is -0.478 e. The molecule has 1 rings (SSSR count). The zero-order valence-corrected chi connectivity index (χ0v) is 11.1. The highest BCUT2D eigenvalue weighted by atomic mass is 16.5. The normalized spacial score (nSPS) is 10.6. The fourth-order valence-corrected chi connectivity index (χ4v) is 1.53. The number of ether oxygens (including phenoxy) is 1. The average molecular weight is 237 g/mol. The molecule has 0 saturated heterocycles. The quantitative estimate of drug-likeness (QED) is 0.706. The Balaban J connectivity index is 2.24. The Morgan fingerprint density at radius 1 is 1.35 bits per heavy atom. The Kier molecular flexibility index (Phi) is 6.37. The first-order chi connectivity index (χ1) is 8.22. The van der Waals surface area contributed by atoms with E-state index in [4.69, 9.17) is 4.74 Å². The second-order valence-electron chi connectivity index (χ2n) is 4.47. The molecule has 0 aliphatic heterocycles. The lowest BCUT2D eigenvalue weighted by Crippen LogP contribution is -2.06. The Morgan fingerprint density at radius 3 is 2.88 bits per heavy atom. The Morgan fingerprint density at radius 2 is 2.18 bits per heavy atom. The summed E-state index contributed by atoms with van der Waals surface area (Å²) in [4.78, 5) is 8.40. The molecule has 0 aliphatic carbocycles. The van der Waals surface area contributed by atoms with Crippen LogP contribution in [-0.2, 0) is 0 Å². The molecule has 0 amide bonds. The van der Waals surface area contributed by atoms with Gasteiger partial charge in [-0.2, -0.15) is 4.98 Å². The summed E-state index contributed by atoms with van der Waals surface area (Å²) in [6.07, 6.45) is 5.40. The van der Waals surface area contributed by atoms with Crippen LogP contribution in [0.25, 0.3) is 0 Å². The van der Waals surface area contributed by atoms with E-state index in [1.165, 1.54) is 12.8 Å². The number of hydrogen-bond acceptors (Lipinski definition) is 4. The van der Waals surface area contributed by atoms with Gasteiger partial charge < -0.3 is 10.1 Å². The van der Waals surface area contributed by atoms with Gasteiger partial charge in [-0.15, -0.1) is 0 Å². The first-order valence-corrected chi connectivity index (χ1v) is 6.42. The summed E-state index contributed by atoms with van der Waals surface area (Å²) in [6, 6.07) is 1.77. The van der Waals surface area contributed by atoms with E-state index in [0.717, 1.165) is 18.9 Å². The lowest BCUT2D eigenvalue weighted by atomic mass is 10.1. The van der Waals surface area contributed by atoms with Crippen molar-refractivity contribution in [1.29, 1.82) is 0 Å². The zero-order valence-electron chi connectivity index (χ0n) is 11.1. The highest BCUT2D eigenvalue weighted by molar-refractivity contribution is 5.27. The lowest BCUT2D eigenvalue weighted by molar-refractivity contribution is 0.326. The first-order valence-electron chi connectivity index (χ1n) is 6.42. The third-order valence-corrected chi connectivity index (χ3v) is 2.41. The molecular weight excluding hydrogens is 214 g/mol. The molecule has 0 unspecified atom stereocenters. The van der Waals surface area contributed by atoms with E-state index in [1.807, 2.05) is 6.92 Å². The number of anilines is 1. The van der Waals surface area contributed by atoms with E-state index in [1.54, 1.807) is 12.3 Å². The van der Waals surface area contributed by atoms with Crippen molar-refractivity contribution in [2.24, 2.45) is 5.92 Å². The summed E-state index contributed by atoms with van der Waals surface area (Å²) in [5, 5.41) is 3.21. The predicted octanol–water partition coefficient (Wildman–Crippen LogP) is 3.11. The van der Waals surface area contributed by atoms with E-state index in [0.29, 0.717) is 18.4 Å². The average Bonchev–Trinajstić information content (AvgIpc) is 2.29.